The molecule has 0 bridgehead atoms. The second-order valence-corrected chi connectivity index (χ2v) is 9.13. The number of aryl methyl sites for hydroxylation is 2. The maximum atomic E-state index is 13.2. The molecule has 0 unspecified atom stereocenters. The average Bonchev–Trinajstić information content (AvgIpc) is 3.14. The van der Waals surface area contributed by atoms with Crippen molar-refractivity contribution in [1.29, 1.82) is 0 Å². The molecule has 0 aliphatic heterocycles. The fourth-order valence-corrected chi connectivity index (χ4v) is 5.18. The van der Waals surface area contributed by atoms with Gasteiger partial charge in [-0.15, -0.1) is 24.2 Å². The van der Waals surface area contributed by atoms with E-state index in [2.05, 4.69) is 44.7 Å². The Labute approximate surface area is 194 Å². The van der Waals surface area contributed by atoms with E-state index in [0.29, 0.717) is 12.3 Å². The Hall–Kier alpha value is -1.60. The van der Waals surface area contributed by atoms with Crippen LogP contribution in [0.4, 0.5) is 5.13 Å². The number of thioether (sulfide) groups is 1. The molecule has 0 saturated heterocycles. The molecular weight excluding hydrogens is 434 g/mol. The van der Waals surface area contributed by atoms with Crippen LogP contribution in [0, 0.1) is 13.8 Å². The van der Waals surface area contributed by atoms with Crippen molar-refractivity contribution in [3.05, 3.63) is 53.6 Å². The van der Waals surface area contributed by atoms with Crippen molar-refractivity contribution in [3.8, 4) is 0 Å². The number of nitrogens with zero attached hydrogens (tertiary/aromatic N) is 3. The molecule has 1 heterocycles. The highest BCUT2D eigenvalue weighted by molar-refractivity contribution is 8.00. The lowest BCUT2D eigenvalue weighted by Crippen LogP contribution is -2.39. The van der Waals surface area contributed by atoms with E-state index in [1.165, 1.54) is 15.8 Å². The Morgan fingerprint density at radius 3 is 2.43 bits per heavy atom. The third-order valence-electron chi connectivity index (χ3n) is 4.98. The van der Waals surface area contributed by atoms with E-state index in [1.54, 1.807) is 23.1 Å². The normalized spacial score (nSPS) is 11.0. The lowest BCUT2D eigenvalue weighted by molar-refractivity contribution is -0.116. The lowest BCUT2D eigenvalue weighted by Gasteiger charge is -2.24. The molecule has 2 aromatic carbocycles. The van der Waals surface area contributed by atoms with E-state index in [9.17, 15) is 4.79 Å². The van der Waals surface area contributed by atoms with Gasteiger partial charge in [0, 0.05) is 18.0 Å². The second kappa shape index (κ2) is 11.7. The van der Waals surface area contributed by atoms with Gasteiger partial charge in [-0.25, -0.2) is 4.98 Å². The third-order valence-corrected chi connectivity index (χ3v) is 7.21. The highest BCUT2D eigenvalue weighted by Crippen LogP contribution is 2.32. The smallest absolute Gasteiger partial charge is 0.239 e. The van der Waals surface area contributed by atoms with Gasteiger partial charge in [-0.3, -0.25) is 9.69 Å². The van der Waals surface area contributed by atoms with Crippen LogP contribution >= 0.6 is 35.5 Å². The van der Waals surface area contributed by atoms with Crippen molar-refractivity contribution in [2.75, 3.05) is 36.8 Å². The molecule has 0 atom stereocenters. The van der Waals surface area contributed by atoms with Crippen LogP contribution in [0.25, 0.3) is 10.2 Å². The summed E-state index contributed by atoms with van der Waals surface area (Å²) in [6.07, 6.45) is 0. The Morgan fingerprint density at radius 2 is 1.77 bits per heavy atom. The van der Waals surface area contributed by atoms with Gasteiger partial charge in [0.2, 0.25) is 5.91 Å². The number of fused-ring (bicyclic) bond motifs is 1. The number of carbonyl (C=O) groups excluding carboxylic acids is 1. The highest BCUT2D eigenvalue weighted by atomic mass is 35.5. The first-order valence-electron chi connectivity index (χ1n) is 10.1. The summed E-state index contributed by atoms with van der Waals surface area (Å²) in [5.74, 6) is 0.523. The van der Waals surface area contributed by atoms with Crippen molar-refractivity contribution < 1.29 is 4.79 Å². The number of aromatic nitrogens is 1. The van der Waals surface area contributed by atoms with Crippen LogP contribution in [0.5, 0.6) is 0 Å². The van der Waals surface area contributed by atoms with Crippen LogP contribution in [0.15, 0.2) is 47.4 Å². The average molecular weight is 464 g/mol. The standard InChI is InChI=1S/C23H29N3OS2.ClH/c1-5-25(6-2)12-13-26(21(27)16-28-19-10-8-7-9-11-19)23-24-20-15-17(3)14-18(4)22(20)29-23;/h7-11,14-15H,5-6,12-13,16H2,1-4H3;1H. The van der Waals surface area contributed by atoms with Crippen LogP contribution in [0.3, 0.4) is 0 Å². The third kappa shape index (κ3) is 6.20. The summed E-state index contributed by atoms with van der Waals surface area (Å²) in [4.78, 5) is 23.4. The number of hydrogen-bond donors (Lipinski definition) is 0. The molecule has 4 nitrogen and oxygen atoms in total. The predicted octanol–water partition coefficient (Wildman–Crippen LogP) is 5.80. The van der Waals surface area contributed by atoms with E-state index in [1.807, 2.05) is 35.2 Å². The van der Waals surface area contributed by atoms with E-state index >= 15 is 0 Å². The molecule has 7 heteroatoms. The molecule has 1 amide bonds. The summed E-state index contributed by atoms with van der Waals surface area (Å²) in [5.41, 5.74) is 3.41. The van der Waals surface area contributed by atoms with Crippen molar-refractivity contribution in [2.45, 2.75) is 32.6 Å². The molecule has 0 aliphatic carbocycles. The maximum Gasteiger partial charge on any atom is 0.239 e. The Bertz CT molecular complexity index is 958. The molecule has 0 N–H and O–H groups in total. The van der Waals surface area contributed by atoms with Gasteiger partial charge in [0.25, 0.3) is 0 Å². The van der Waals surface area contributed by atoms with Gasteiger partial charge < -0.3 is 4.90 Å². The van der Waals surface area contributed by atoms with Gasteiger partial charge in [0.15, 0.2) is 5.13 Å². The number of hydrogen-bond acceptors (Lipinski definition) is 5. The van der Waals surface area contributed by atoms with Crippen molar-refractivity contribution >= 4 is 56.8 Å². The summed E-state index contributed by atoms with van der Waals surface area (Å²) in [7, 11) is 0. The highest BCUT2D eigenvalue weighted by Gasteiger charge is 2.21. The topological polar surface area (TPSA) is 36.4 Å². The van der Waals surface area contributed by atoms with E-state index < -0.39 is 0 Å². The van der Waals surface area contributed by atoms with Gasteiger partial charge in [-0.2, -0.15) is 0 Å². The first kappa shape index (κ1) is 24.7. The molecule has 1 aromatic heterocycles. The number of carbonyl (C=O) groups is 1. The quantitative estimate of drug-likeness (QED) is 0.375. The Morgan fingerprint density at radius 1 is 1.07 bits per heavy atom. The first-order chi connectivity index (χ1) is 14.0. The predicted molar refractivity (Wildman–Crippen MR) is 134 cm³/mol. The summed E-state index contributed by atoms with van der Waals surface area (Å²) in [6, 6.07) is 14.4. The van der Waals surface area contributed by atoms with Gasteiger partial charge in [0.1, 0.15) is 0 Å². The summed E-state index contributed by atoms with van der Waals surface area (Å²) in [6.45, 7) is 12.0. The van der Waals surface area contributed by atoms with Gasteiger partial charge >= 0.3 is 0 Å². The monoisotopic (exact) mass is 463 g/mol. The Kier molecular flexibility index (Phi) is 9.62. The van der Waals surface area contributed by atoms with Gasteiger partial charge in [0.05, 0.1) is 16.0 Å². The van der Waals surface area contributed by atoms with Gasteiger partial charge in [-0.05, 0) is 56.3 Å². The van der Waals surface area contributed by atoms with Crippen molar-refractivity contribution in [1.82, 2.24) is 9.88 Å². The molecule has 0 fully saturated rings. The zero-order valence-electron chi connectivity index (χ0n) is 18.1. The van der Waals surface area contributed by atoms with Crippen molar-refractivity contribution in [2.24, 2.45) is 0 Å². The minimum Gasteiger partial charge on any atom is -0.302 e. The molecule has 0 aliphatic rings. The Balaban J connectivity index is 0.00000320. The molecule has 0 saturated carbocycles. The number of rotatable bonds is 9. The zero-order valence-corrected chi connectivity index (χ0v) is 20.5. The molecule has 0 spiro atoms. The van der Waals surface area contributed by atoms with E-state index in [-0.39, 0.29) is 18.3 Å². The summed E-state index contributed by atoms with van der Waals surface area (Å²) in [5, 5.41) is 0.805. The summed E-state index contributed by atoms with van der Waals surface area (Å²) >= 11 is 3.21. The molecule has 30 heavy (non-hydrogen) atoms. The molecular formula is C23H30ClN3OS2. The first-order valence-corrected chi connectivity index (χ1v) is 11.9. The van der Waals surface area contributed by atoms with E-state index in [0.717, 1.165) is 35.2 Å². The molecule has 3 aromatic rings. The minimum atomic E-state index is 0. The number of halogens is 1. The van der Waals surface area contributed by atoms with Crippen LogP contribution in [-0.4, -0.2) is 47.7 Å². The SMILES string of the molecule is CCN(CC)CCN(C(=O)CSc1ccccc1)c1nc2cc(C)cc(C)c2s1.Cl. The molecule has 0 radical (unpaired) electrons. The van der Waals surface area contributed by atoms with Crippen LogP contribution in [-0.2, 0) is 4.79 Å². The second-order valence-electron chi connectivity index (χ2n) is 7.10. The number of amides is 1. The number of thiazole rings is 1. The number of benzene rings is 2. The fourth-order valence-electron chi connectivity index (χ4n) is 3.33. The number of likely N-dealkylation sites (N-methyl/N-ethyl adjacent to an activating group) is 1. The summed E-state index contributed by atoms with van der Waals surface area (Å²) < 4.78 is 1.17. The largest absolute Gasteiger partial charge is 0.302 e. The van der Waals surface area contributed by atoms with E-state index in [4.69, 9.17) is 4.98 Å². The number of anilines is 1. The molecule has 3 rings (SSSR count). The van der Waals surface area contributed by atoms with Crippen LogP contribution in [0.2, 0.25) is 0 Å². The lowest BCUT2D eigenvalue weighted by atomic mass is 10.1. The molecule has 162 valence electrons. The van der Waals surface area contributed by atoms with Crippen molar-refractivity contribution in [3.63, 3.8) is 0 Å². The van der Waals surface area contributed by atoms with Gasteiger partial charge in [-0.1, -0.05) is 49.4 Å². The fraction of sp³-hybridized carbons (Fsp3) is 0.391. The van der Waals surface area contributed by atoms with Crippen LogP contribution in [0.1, 0.15) is 25.0 Å². The minimum absolute atomic E-state index is 0. The zero-order chi connectivity index (χ0) is 20.8. The van der Waals surface area contributed by atoms with Crippen LogP contribution < -0.4 is 4.90 Å². The maximum absolute atomic E-state index is 13.2.